The van der Waals surface area contributed by atoms with Crippen LogP contribution in [0.3, 0.4) is 0 Å². The molecule has 4 nitrogen and oxygen atoms in total. The van der Waals surface area contributed by atoms with Gasteiger partial charge in [-0.15, -0.1) is 0 Å². The van der Waals surface area contributed by atoms with Gasteiger partial charge in [0.05, 0.1) is 26.4 Å². The summed E-state index contributed by atoms with van der Waals surface area (Å²) in [7, 11) is 0. The molecule has 1 saturated heterocycles. The molecule has 2 aliphatic rings. The summed E-state index contributed by atoms with van der Waals surface area (Å²) in [5, 5.41) is 0. The maximum atomic E-state index is 14.9. The van der Waals surface area contributed by atoms with Crippen LogP contribution in [0.25, 0.3) is 0 Å². The highest BCUT2D eigenvalue weighted by Crippen LogP contribution is 2.39. The van der Waals surface area contributed by atoms with Crippen molar-refractivity contribution in [2.24, 2.45) is 11.8 Å². The SMILES string of the molecule is CCCCCC1COC(c2ccc(OCC3CCC(c4ccc(OCC)c(F)c4F)CC3)c(F)c2F)OC1. The summed E-state index contributed by atoms with van der Waals surface area (Å²) < 4.78 is 80.7. The van der Waals surface area contributed by atoms with E-state index >= 15 is 0 Å². The fourth-order valence-corrected chi connectivity index (χ4v) is 5.39. The van der Waals surface area contributed by atoms with Crippen molar-refractivity contribution in [2.75, 3.05) is 26.4 Å². The van der Waals surface area contributed by atoms with Gasteiger partial charge in [0, 0.05) is 11.5 Å². The van der Waals surface area contributed by atoms with E-state index in [-0.39, 0.29) is 48.0 Å². The highest BCUT2D eigenvalue weighted by Gasteiger charge is 2.30. The van der Waals surface area contributed by atoms with E-state index in [4.69, 9.17) is 18.9 Å². The second kappa shape index (κ2) is 13.7. The number of benzene rings is 2. The van der Waals surface area contributed by atoms with Crippen LogP contribution in [0.5, 0.6) is 11.5 Å². The molecule has 0 amide bonds. The molecular formula is C30H38F4O4. The van der Waals surface area contributed by atoms with E-state index in [0.717, 1.165) is 25.7 Å². The molecule has 0 unspecified atom stereocenters. The quantitative estimate of drug-likeness (QED) is 0.213. The maximum Gasteiger partial charge on any atom is 0.201 e. The fraction of sp³-hybridized carbons (Fsp3) is 0.600. The molecule has 2 fully saturated rings. The monoisotopic (exact) mass is 538 g/mol. The number of unbranched alkanes of at least 4 members (excludes halogenated alkanes) is 2. The van der Waals surface area contributed by atoms with Gasteiger partial charge in [0.25, 0.3) is 0 Å². The Bertz CT molecular complexity index is 1050. The fourth-order valence-electron chi connectivity index (χ4n) is 5.39. The van der Waals surface area contributed by atoms with E-state index in [1.165, 1.54) is 18.2 Å². The van der Waals surface area contributed by atoms with Gasteiger partial charge in [-0.2, -0.15) is 8.78 Å². The number of halogens is 4. The normalized spacial score (nSPS) is 23.8. The summed E-state index contributed by atoms with van der Waals surface area (Å²) >= 11 is 0. The van der Waals surface area contributed by atoms with Crippen LogP contribution in [0.2, 0.25) is 0 Å². The lowest BCUT2D eigenvalue weighted by Crippen LogP contribution is -2.27. The second-order valence-corrected chi connectivity index (χ2v) is 10.4. The van der Waals surface area contributed by atoms with Crippen LogP contribution in [0.4, 0.5) is 17.6 Å². The van der Waals surface area contributed by atoms with Crippen LogP contribution in [-0.2, 0) is 9.47 Å². The lowest BCUT2D eigenvalue weighted by atomic mass is 9.79. The summed E-state index contributed by atoms with van der Waals surface area (Å²) in [5.74, 6) is -3.84. The van der Waals surface area contributed by atoms with Gasteiger partial charge in [0.2, 0.25) is 11.6 Å². The van der Waals surface area contributed by atoms with E-state index < -0.39 is 29.6 Å². The van der Waals surface area contributed by atoms with Crippen LogP contribution >= 0.6 is 0 Å². The molecular weight excluding hydrogens is 500 g/mol. The lowest BCUT2D eigenvalue weighted by Gasteiger charge is -2.30. The molecule has 38 heavy (non-hydrogen) atoms. The predicted octanol–water partition coefficient (Wildman–Crippen LogP) is 8.24. The molecule has 0 spiro atoms. The molecule has 1 heterocycles. The van der Waals surface area contributed by atoms with Crippen molar-refractivity contribution in [1.82, 2.24) is 0 Å². The van der Waals surface area contributed by atoms with Crippen molar-refractivity contribution in [3.05, 3.63) is 58.7 Å². The summed E-state index contributed by atoms with van der Waals surface area (Å²) in [6, 6.07) is 5.94. The topological polar surface area (TPSA) is 36.9 Å². The first-order chi connectivity index (χ1) is 18.4. The summed E-state index contributed by atoms with van der Waals surface area (Å²) in [6.07, 6.45) is 6.21. The number of hydrogen-bond acceptors (Lipinski definition) is 4. The molecule has 0 atom stereocenters. The highest BCUT2D eigenvalue weighted by molar-refractivity contribution is 5.34. The molecule has 1 saturated carbocycles. The minimum atomic E-state index is -1.06. The van der Waals surface area contributed by atoms with Crippen LogP contribution in [0.1, 0.15) is 88.5 Å². The van der Waals surface area contributed by atoms with E-state index in [2.05, 4.69) is 6.92 Å². The van der Waals surface area contributed by atoms with Crippen molar-refractivity contribution in [3.8, 4) is 11.5 Å². The third kappa shape index (κ3) is 6.81. The van der Waals surface area contributed by atoms with Gasteiger partial charge in [-0.25, -0.2) is 8.78 Å². The third-order valence-electron chi connectivity index (χ3n) is 7.65. The number of hydrogen-bond donors (Lipinski definition) is 0. The zero-order valence-electron chi connectivity index (χ0n) is 22.2. The molecule has 0 radical (unpaired) electrons. The van der Waals surface area contributed by atoms with Crippen molar-refractivity contribution in [1.29, 1.82) is 0 Å². The van der Waals surface area contributed by atoms with Crippen LogP contribution < -0.4 is 9.47 Å². The van der Waals surface area contributed by atoms with Gasteiger partial charge in [0.1, 0.15) is 0 Å². The Hall–Kier alpha value is -2.32. The lowest BCUT2D eigenvalue weighted by molar-refractivity contribution is -0.207. The average molecular weight is 539 g/mol. The van der Waals surface area contributed by atoms with Crippen molar-refractivity contribution < 1.29 is 36.5 Å². The number of ether oxygens (including phenoxy) is 4. The first kappa shape index (κ1) is 28.7. The number of rotatable bonds is 11. The minimum Gasteiger partial charge on any atom is -0.491 e. The maximum absolute atomic E-state index is 14.9. The van der Waals surface area contributed by atoms with Gasteiger partial charge < -0.3 is 18.9 Å². The third-order valence-corrected chi connectivity index (χ3v) is 7.65. The van der Waals surface area contributed by atoms with Gasteiger partial charge in [-0.1, -0.05) is 32.3 Å². The smallest absolute Gasteiger partial charge is 0.201 e. The Labute approximate surface area is 222 Å². The minimum absolute atomic E-state index is 0.0342. The van der Waals surface area contributed by atoms with Crippen molar-refractivity contribution in [3.63, 3.8) is 0 Å². The molecule has 0 N–H and O–H groups in total. The van der Waals surface area contributed by atoms with Crippen LogP contribution in [0.15, 0.2) is 24.3 Å². The van der Waals surface area contributed by atoms with E-state index in [1.54, 1.807) is 13.0 Å². The zero-order valence-corrected chi connectivity index (χ0v) is 22.2. The summed E-state index contributed by atoms with van der Waals surface area (Å²) in [5.41, 5.74) is 0.389. The Morgan fingerprint density at radius 1 is 0.711 bits per heavy atom. The molecule has 0 bridgehead atoms. The molecule has 1 aliphatic carbocycles. The molecule has 210 valence electrons. The first-order valence-corrected chi connectivity index (χ1v) is 13.9. The molecule has 2 aromatic carbocycles. The standard InChI is InChI=1S/C30H38F4O4/c1-3-5-6-7-20-17-37-30(38-18-20)23-13-15-25(29(34)27(23)32)36-16-19-8-10-21(11-9-19)22-12-14-24(35-4-2)28(33)26(22)31/h12-15,19-21,30H,3-11,16-18H2,1-2H3. The zero-order chi connectivity index (χ0) is 27.1. The highest BCUT2D eigenvalue weighted by atomic mass is 19.2. The Kier molecular flexibility index (Phi) is 10.3. The first-order valence-electron chi connectivity index (χ1n) is 13.9. The molecule has 2 aromatic rings. The van der Waals surface area contributed by atoms with E-state index in [1.807, 2.05) is 0 Å². The Balaban J connectivity index is 1.27. The summed E-state index contributed by atoms with van der Waals surface area (Å²) in [4.78, 5) is 0. The largest absolute Gasteiger partial charge is 0.491 e. The molecule has 8 heteroatoms. The predicted molar refractivity (Wildman–Crippen MR) is 136 cm³/mol. The van der Waals surface area contributed by atoms with Gasteiger partial charge in [-0.3, -0.25) is 0 Å². The van der Waals surface area contributed by atoms with Gasteiger partial charge in [0.15, 0.2) is 29.4 Å². The molecule has 4 rings (SSSR count). The van der Waals surface area contributed by atoms with Crippen LogP contribution in [-0.4, -0.2) is 26.4 Å². The van der Waals surface area contributed by atoms with Crippen LogP contribution in [0, 0.1) is 35.1 Å². The van der Waals surface area contributed by atoms with E-state index in [0.29, 0.717) is 44.5 Å². The van der Waals surface area contributed by atoms with Gasteiger partial charge >= 0.3 is 0 Å². The Morgan fingerprint density at radius 2 is 1.32 bits per heavy atom. The van der Waals surface area contributed by atoms with Gasteiger partial charge in [-0.05, 0) is 74.6 Å². The summed E-state index contributed by atoms with van der Waals surface area (Å²) in [6.45, 7) is 5.27. The molecule has 0 aromatic heterocycles. The second-order valence-electron chi connectivity index (χ2n) is 10.4. The Morgan fingerprint density at radius 3 is 1.95 bits per heavy atom. The van der Waals surface area contributed by atoms with Crippen molar-refractivity contribution >= 4 is 0 Å². The van der Waals surface area contributed by atoms with Crippen molar-refractivity contribution in [2.45, 2.75) is 77.4 Å². The molecule has 1 aliphatic heterocycles. The van der Waals surface area contributed by atoms with E-state index in [9.17, 15) is 17.6 Å². The average Bonchev–Trinajstić information content (AvgIpc) is 2.93.